The van der Waals surface area contributed by atoms with Crippen LogP contribution in [-0.2, 0) is 0 Å². The van der Waals surface area contributed by atoms with Gasteiger partial charge in [0.05, 0.1) is 17.6 Å². The van der Waals surface area contributed by atoms with Crippen molar-refractivity contribution < 1.29 is 0 Å². The van der Waals surface area contributed by atoms with Crippen molar-refractivity contribution >= 4 is 17.1 Å². The van der Waals surface area contributed by atoms with Crippen LogP contribution >= 0.6 is 0 Å². The second kappa shape index (κ2) is 4.18. The molecule has 2 rings (SSSR count). The Morgan fingerprint density at radius 3 is 2.75 bits per heavy atom. The van der Waals surface area contributed by atoms with Crippen molar-refractivity contribution in [2.45, 2.75) is 13.8 Å². The highest BCUT2D eigenvalue weighted by molar-refractivity contribution is 5.64. The normalized spacial score (nSPS) is 10.1. The first kappa shape index (κ1) is 10.4. The van der Waals surface area contributed by atoms with Gasteiger partial charge >= 0.3 is 0 Å². The van der Waals surface area contributed by atoms with E-state index in [2.05, 4.69) is 15.3 Å². The lowest BCUT2D eigenvalue weighted by Crippen LogP contribution is -1.99. The van der Waals surface area contributed by atoms with Gasteiger partial charge < -0.3 is 11.1 Å². The van der Waals surface area contributed by atoms with Crippen molar-refractivity contribution in [3.05, 3.63) is 42.0 Å². The molecule has 4 nitrogen and oxygen atoms in total. The summed E-state index contributed by atoms with van der Waals surface area (Å²) >= 11 is 0. The predicted octanol–water partition coefficient (Wildman–Crippen LogP) is 2.42. The van der Waals surface area contributed by atoms with E-state index in [4.69, 9.17) is 5.73 Å². The molecular formula is C12H14N4. The van der Waals surface area contributed by atoms with Crippen molar-refractivity contribution in [1.82, 2.24) is 9.97 Å². The number of aromatic nitrogens is 2. The summed E-state index contributed by atoms with van der Waals surface area (Å²) in [5.41, 5.74) is 9.20. The summed E-state index contributed by atoms with van der Waals surface area (Å²) in [5, 5.41) is 3.24. The van der Waals surface area contributed by atoms with Gasteiger partial charge in [-0.3, -0.25) is 0 Å². The van der Waals surface area contributed by atoms with Crippen molar-refractivity contribution in [1.29, 1.82) is 0 Å². The summed E-state index contributed by atoms with van der Waals surface area (Å²) in [4.78, 5) is 8.44. The summed E-state index contributed by atoms with van der Waals surface area (Å²) in [5.74, 6) is 0.774. The Hall–Kier alpha value is -2.10. The lowest BCUT2D eigenvalue weighted by molar-refractivity contribution is 1.01. The Balaban J connectivity index is 2.27. The minimum atomic E-state index is 0.732. The molecule has 0 aliphatic heterocycles. The number of rotatable bonds is 2. The van der Waals surface area contributed by atoms with Gasteiger partial charge in [-0.15, -0.1) is 0 Å². The standard InChI is InChI=1S/C12H14N4/c1-8-12(7-14-9(2)15-8)16-11-5-3-4-10(13)6-11/h3-7,16H,13H2,1-2H3. The first-order chi connectivity index (χ1) is 7.65. The van der Waals surface area contributed by atoms with Crippen LogP contribution in [0.4, 0.5) is 17.1 Å². The Morgan fingerprint density at radius 2 is 2.06 bits per heavy atom. The molecule has 1 heterocycles. The molecule has 4 heteroatoms. The van der Waals surface area contributed by atoms with Gasteiger partial charge in [-0.25, -0.2) is 9.97 Å². The van der Waals surface area contributed by atoms with Crippen molar-refractivity contribution in [2.24, 2.45) is 0 Å². The van der Waals surface area contributed by atoms with Gasteiger partial charge in [-0.1, -0.05) is 6.07 Å². The maximum absolute atomic E-state index is 5.70. The molecule has 0 atom stereocenters. The van der Waals surface area contributed by atoms with Gasteiger partial charge in [0.15, 0.2) is 0 Å². The number of hydrogen-bond acceptors (Lipinski definition) is 4. The second-order valence-electron chi connectivity index (χ2n) is 3.67. The lowest BCUT2D eigenvalue weighted by Gasteiger charge is -2.09. The highest BCUT2D eigenvalue weighted by atomic mass is 15.0. The van der Waals surface area contributed by atoms with Crippen LogP contribution in [0.2, 0.25) is 0 Å². The molecule has 2 aromatic rings. The average molecular weight is 214 g/mol. The molecule has 0 bridgehead atoms. The van der Waals surface area contributed by atoms with E-state index in [0.29, 0.717) is 0 Å². The largest absolute Gasteiger partial charge is 0.399 e. The van der Waals surface area contributed by atoms with E-state index in [1.165, 1.54) is 0 Å². The fourth-order valence-corrected chi connectivity index (χ4v) is 1.48. The monoisotopic (exact) mass is 214 g/mol. The molecule has 16 heavy (non-hydrogen) atoms. The molecule has 0 fully saturated rings. The number of nitrogen functional groups attached to an aromatic ring is 1. The molecule has 0 amide bonds. The zero-order valence-electron chi connectivity index (χ0n) is 9.36. The molecular weight excluding hydrogens is 200 g/mol. The van der Waals surface area contributed by atoms with Crippen LogP contribution in [0.15, 0.2) is 30.5 Å². The van der Waals surface area contributed by atoms with Gasteiger partial charge in [-0.05, 0) is 32.0 Å². The minimum Gasteiger partial charge on any atom is -0.399 e. The maximum atomic E-state index is 5.70. The summed E-state index contributed by atoms with van der Waals surface area (Å²) in [6, 6.07) is 7.58. The molecule has 0 saturated carbocycles. The third kappa shape index (κ3) is 2.28. The molecule has 3 N–H and O–H groups in total. The third-order valence-corrected chi connectivity index (χ3v) is 2.27. The molecule has 82 valence electrons. The van der Waals surface area contributed by atoms with E-state index in [9.17, 15) is 0 Å². The number of nitrogens with two attached hydrogens (primary N) is 1. The van der Waals surface area contributed by atoms with E-state index in [0.717, 1.165) is 28.6 Å². The van der Waals surface area contributed by atoms with E-state index in [1.807, 2.05) is 38.1 Å². The molecule has 0 aliphatic carbocycles. The molecule has 1 aromatic heterocycles. The van der Waals surface area contributed by atoms with Crippen LogP contribution in [-0.4, -0.2) is 9.97 Å². The summed E-state index contributed by atoms with van der Waals surface area (Å²) in [6.45, 7) is 3.82. The lowest BCUT2D eigenvalue weighted by atomic mass is 10.2. The summed E-state index contributed by atoms with van der Waals surface area (Å²) in [6.07, 6.45) is 1.78. The van der Waals surface area contributed by atoms with Crippen LogP contribution in [0.5, 0.6) is 0 Å². The van der Waals surface area contributed by atoms with E-state index < -0.39 is 0 Å². The van der Waals surface area contributed by atoms with E-state index >= 15 is 0 Å². The smallest absolute Gasteiger partial charge is 0.125 e. The number of aryl methyl sites for hydroxylation is 2. The van der Waals surface area contributed by atoms with Gasteiger partial charge in [0.1, 0.15) is 5.82 Å². The highest BCUT2D eigenvalue weighted by Gasteiger charge is 2.01. The van der Waals surface area contributed by atoms with Crippen molar-refractivity contribution in [2.75, 3.05) is 11.1 Å². The van der Waals surface area contributed by atoms with Crippen LogP contribution in [0.25, 0.3) is 0 Å². The fraction of sp³-hybridized carbons (Fsp3) is 0.167. The zero-order chi connectivity index (χ0) is 11.5. The van der Waals surface area contributed by atoms with E-state index in [-0.39, 0.29) is 0 Å². The average Bonchev–Trinajstić information content (AvgIpc) is 2.22. The Labute approximate surface area is 94.5 Å². The molecule has 0 unspecified atom stereocenters. The van der Waals surface area contributed by atoms with Gasteiger partial charge in [0.25, 0.3) is 0 Å². The maximum Gasteiger partial charge on any atom is 0.125 e. The highest BCUT2D eigenvalue weighted by Crippen LogP contribution is 2.19. The number of anilines is 3. The fourth-order valence-electron chi connectivity index (χ4n) is 1.48. The first-order valence-electron chi connectivity index (χ1n) is 5.08. The Morgan fingerprint density at radius 1 is 1.25 bits per heavy atom. The topological polar surface area (TPSA) is 63.8 Å². The summed E-state index contributed by atoms with van der Waals surface area (Å²) < 4.78 is 0. The van der Waals surface area contributed by atoms with E-state index in [1.54, 1.807) is 6.20 Å². The molecule has 0 spiro atoms. The molecule has 0 aliphatic rings. The summed E-state index contributed by atoms with van der Waals surface area (Å²) in [7, 11) is 0. The number of nitrogens with zero attached hydrogens (tertiary/aromatic N) is 2. The number of nitrogens with one attached hydrogen (secondary N) is 1. The quantitative estimate of drug-likeness (QED) is 0.753. The van der Waals surface area contributed by atoms with Gasteiger partial charge in [0, 0.05) is 11.4 Å². The third-order valence-electron chi connectivity index (χ3n) is 2.27. The van der Waals surface area contributed by atoms with Crippen LogP contribution in [0.3, 0.4) is 0 Å². The van der Waals surface area contributed by atoms with Crippen LogP contribution in [0.1, 0.15) is 11.5 Å². The van der Waals surface area contributed by atoms with Gasteiger partial charge in [-0.2, -0.15) is 0 Å². The van der Waals surface area contributed by atoms with Crippen molar-refractivity contribution in [3.63, 3.8) is 0 Å². The minimum absolute atomic E-state index is 0.732. The number of benzene rings is 1. The zero-order valence-corrected chi connectivity index (χ0v) is 9.36. The van der Waals surface area contributed by atoms with Crippen LogP contribution in [0, 0.1) is 13.8 Å². The number of hydrogen-bond donors (Lipinski definition) is 2. The molecule has 0 radical (unpaired) electrons. The second-order valence-corrected chi connectivity index (χ2v) is 3.67. The SMILES string of the molecule is Cc1ncc(Nc2cccc(N)c2)c(C)n1. The molecule has 0 saturated heterocycles. The molecule has 1 aromatic carbocycles. The van der Waals surface area contributed by atoms with Crippen LogP contribution < -0.4 is 11.1 Å². The first-order valence-corrected chi connectivity index (χ1v) is 5.08. The van der Waals surface area contributed by atoms with Gasteiger partial charge in [0.2, 0.25) is 0 Å². The Bertz CT molecular complexity index is 508. The van der Waals surface area contributed by atoms with Crippen molar-refractivity contribution in [3.8, 4) is 0 Å². The predicted molar refractivity (Wildman–Crippen MR) is 65.6 cm³/mol. The Kier molecular flexibility index (Phi) is 2.72.